The van der Waals surface area contributed by atoms with E-state index in [-0.39, 0.29) is 17.4 Å². The minimum Gasteiger partial charge on any atom is -0.843 e. The first-order valence-electron chi connectivity index (χ1n) is 1.67. The van der Waals surface area contributed by atoms with Crippen molar-refractivity contribution < 1.29 is 15.3 Å². The van der Waals surface area contributed by atoms with Crippen molar-refractivity contribution in [2.45, 2.75) is 0 Å². The molecule has 0 radical (unpaired) electrons. The summed E-state index contributed by atoms with van der Waals surface area (Å²) in [4.78, 5) is 0. The van der Waals surface area contributed by atoms with E-state index in [1.54, 1.807) is 0 Å². The summed E-state index contributed by atoms with van der Waals surface area (Å²) >= 11 is 13.3. The average molecular weight is 223 g/mol. The van der Waals surface area contributed by atoms with E-state index in [1.807, 2.05) is 0 Å². The maximum Gasteiger partial charge on any atom is 3.00 e. The molecule has 0 aliphatic heterocycles. The second kappa shape index (κ2) is 48.3. The van der Waals surface area contributed by atoms with Crippen LogP contribution in [0.25, 0.3) is 0 Å². The summed E-state index contributed by atoms with van der Waals surface area (Å²) in [5.74, 6) is 0. The average Bonchev–Trinajstić information content (AvgIpc) is 1.70. The molecule has 0 rings (SSSR count). The Morgan fingerprint density at radius 3 is 0.700 bits per heavy atom. The summed E-state index contributed by atoms with van der Waals surface area (Å²) < 4.78 is 0. The van der Waals surface area contributed by atoms with Crippen molar-refractivity contribution in [3.63, 3.8) is 0 Å². The molecule has 0 heterocycles. The molecule has 0 aromatic rings. The first kappa shape index (κ1) is 22.5. The Bertz CT molecular complexity index is 23.7. The standard InChI is InChI=1S/3CH2ClO.Al/c3*2-1-3;/h3*1H2;/q3*-1;+3. The van der Waals surface area contributed by atoms with Gasteiger partial charge in [-0.2, -0.15) is 0 Å². The Hall–Kier alpha value is 1.28. The molecule has 10 heavy (non-hydrogen) atoms. The van der Waals surface area contributed by atoms with Crippen LogP contribution in [0.2, 0.25) is 0 Å². The second-order valence-corrected chi connectivity index (χ2v) is 0.982. The molecule has 0 spiro atoms. The molecule has 7 heteroatoms. The van der Waals surface area contributed by atoms with Gasteiger partial charge in [-0.3, -0.25) is 0 Å². The Balaban J connectivity index is -0.0000000257. The van der Waals surface area contributed by atoms with Crippen molar-refractivity contribution in [3.8, 4) is 0 Å². The van der Waals surface area contributed by atoms with Gasteiger partial charge in [-0.1, -0.05) is 18.2 Å². The number of hydrogen-bond acceptors (Lipinski definition) is 3. The van der Waals surface area contributed by atoms with Crippen LogP contribution in [0.3, 0.4) is 0 Å². The molecule has 0 bridgehead atoms. The van der Waals surface area contributed by atoms with Gasteiger partial charge in [0.25, 0.3) is 0 Å². The minimum absolute atomic E-state index is 0. The Morgan fingerprint density at radius 2 is 0.700 bits per heavy atom. The van der Waals surface area contributed by atoms with Gasteiger partial charge < -0.3 is 15.3 Å². The summed E-state index contributed by atoms with van der Waals surface area (Å²) in [6.45, 7) is 0. The fourth-order valence-corrected chi connectivity index (χ4v) is 0. The second-order valence-electron chi connectivity index (χ2n) is 0.327. The van der Waals surface area contributed by atoms with Crippen LogP contribution in [-0.4, -0.2) is 35.6 Å². The van der Waals surface area contributed by atoms with Gasteiger partial charge in [0.05, 0.1) is 0 Å². The van der Waals surface area contributed by atoms with Crippen LogP contribution in [0.1, 0.15) is 0 Å². The van der Waals surface area contributed by atoms with Crippen LogP contribution in [0, 0.1) is 0 Å². The third-order valence-electron chi connectivity index (χ3n) is 0. The molecular weight excluding hydrogens is 217 g/mol. The topological polar surface area (TPSA) is 69.2 Å². The molecule has 0 amide bonds. The Morgan fingerprint density at radius 1 is 0.700 bits per heavy atom. The largest absolute Gasteiger partial charge is 3.00 e. The van der Waals surface area contributed by atoms with E-state index in [2.05, 4.69) is 34.8 Å². The molecule has 3 nitrogen and oxygen atoms in total. The van der Waals surface area contributed by atoms with E-state index in [0.29, 0.717) is 0 Å². The van der Waals surface area contributed by atoms with Gasteiger partial charge >= 0.3 is 17.4 Å². The van der Waals surface area contributed by atoms with Crippen LogP contribution >= 0.6 is 34.8 Å². The van der Waals surface area contributed by atoms with Crippen molar-refractivity contribution >= 4 is 52.2 Å². The molecule has 0 aliphatic rings. The maximum atomic E-state index is 8.70. The van der Waals surface area contributed by atoms with E-state index in [9.17, 15) is 0 Å². The number of halogens is 3. The van der Waals surface area contributed by atoms with Gasteiger partial charge in [-0.05, 0) is 0 Å². The van der Waals surface area contributed by atoms with Crippen LogP contribution in [0.4, 0.5) is 0 Å². The van der Waals surface area contributed by atoms with Crippen LogP contribution in [-0.2, 0) is 0 Å². The SMILES string of the molecule is [Al+3].[O-]CCl.[O-]CCl.[O-]CCl. The maximum absolute atomic E-state index is 8.70. The summed E-state index contributed by atoms with van der Waals surface area (Å²) in [5, 5.41) is 26.1. The summed E-state index contributed by atoms with van der Waals surface area (Å²) in [6.07, 6.45) is 0. The molecule has 60 valence electrons. The van der Waals surface area contributed by atoms with Crippen molar-refractivity contribution in [1.29, 1.82) is 0 Å². The smallest absolute Gasteiger partial charge is 0.843 e. The van der Waals surface area contributed by atoms with Crippen molar-refractivity contribution in [1.82, 2.24) is 0 Å². The zero-order valence-electron chi connectivity index (χ0n) is 5.06. The number of rotatable bonds is 0. The summed E-state index contributed by atoms with van der Waals surface area (Å²) in [7, 11) is 0. The van der Waals surface area contributed by atoms with Crippen LogP contribution in [0.15, 0.2) is 0 Å². The Labute approximate surface area is 85.6 Å². The van der Waals surface area contributed by atoms with Crippen molar-refractivity contribution in [2.24, 2.45) is 0 Å². The normalized spacial score (nSPS) is 5.40. The molecular formula is C3H6AlCl3O3. The van der Waals surface area contributed by atoms with E-state index in [0.717, 1.165) is 0 Å². The van der Waals surface area contributed by atoms with Crippen molar-refractivity contribution in [3.05, 3.63) is 0 Å². The van der Waals surface area contributed by atoms with Gasteiger partial charge in [-0.15, -0.1) is 34.8 Å². The summed E-state index contributed by atoms with van der Waals surface area (Å²) in [5.41, 5.74) is 0. The minimum atomic E-state index is -0.528. The van der Waals surface area contributed by atoms with E-state index >= 15 is 0 Å². The predicted molar refractivity (Wildman–Crippen MR) is 37.9 cm³/mol. The monoisotopic (exact) mass is 222 g/mol. The van der Waals surface area contributed by atoms with Gasteiger partial charge in [-0.25, -0.2) is 0 Å². The molecule has 0 saturated carbocycles. The first-order valence-corrected chi connectivity index (χ1v) is 3.27. The number of hydrogen-bond donors (Lipinski definition) is 0. The predicted octanol–water partition coefficient (Wildman–Crippen LogP) is -1.75. The van der Waals surface area contributed by atoms with Gasteiger partial charge in [0, 0.05) is 0 Å². The molecule has 0 aromatic heterocycles. The molecule has 0 aliphatic carbocycles. The third kappa shape index (κ3) is 387. The molecule has 0 fully saturated rings. The molecule has 0 N–H and O–H groups in total. The quantitative estimate of drug-likeness (QED) is 0.361. The van der Waals surface area contributed by atoms with Gasteiger partial charge in [0.2, 0.25) is 0 Å². The zero-order chi connectivity index (χ0) is 8.12. The van der Waals surface area contributed by atoms with Gasteiger partial charge in [0.1, 0.15) is 0 Å². The first-order chi connectivity index (χ1) is 4.24. The fourth-order valence-electron chi connectivity index (χ4n) is 0. The van der Waals surface area contributed by atoms with Gasteiger partial charge in [0.15, 0.2) is 0 Å². The Kier molecular flexibility index (Phi) is 109. The fraction of sp³-hybridized carbons (Fsp3) is 1.00. The summed E-state index contributed by atoms with van der Waals surface area (Å²) in [6, 6.07) is -1.58. The zero-order valence-corrected chi connectivity index (χ0v) is 8.48. The molecule has 0 saturated heterocycles. The third-order valence-corrected chi connectivity index (χ3v) is 0. The molecule has 0 atom stereocenters. The van der Waals surface area contributed by atoms with Crippen LogP contribution in [0.5, 0.6) is 0 Å². The number of alkyl halides is 3. The molecule has 0 aromatic carbocycles. The van der Waals surface area contributed by atoms with E-state index in [1.165, 1.54) is 0 Å². The van der Waals surface area contributed by atoms with Crippen molar-refractivity contribution in [2.75, 3.05) is 18.2 Å². The molecule has 0 unspecified atom stereocenters. The van der Waals surface area contributed by atoms with E-state index in [4.69, 9.17) is 15.3 Å². The van der Waals surface area contributed by atoms with E-state index < -0.39 is 18.2 Å². The van der Waals surface area contributed by atoms with Crippen LogP contribution < -0.4 is 15.3 Å².